The van der Waals surface area contributed by atoms with E-state index in [9.17, 15) is 0 Å². The fourth-order valence-corrected chi connectivity index (χ4v) is 1.44. The Kier molecular flexibility index (Phi) is 2.37. The molecule has 0 saturated carbocycles. The smallest absolute Gasteiger partial charge is 0.137 e. The third-order valence-corrected chi connectivity index (χ3v) is 2.11. The van der Waals surface area contributed by atoms with Crippen molar-refractivity contribution in [3.05, 3.63) is 30.2 Å². The monoisotopic (exact) mass is 191 g/mol. The standard InChI is InChI=1S/C10H13N3O/c11-8-3-4-10-12-9(2-1-5-14)7-13(10)6-8/h3-4,6-7,14H,1-2,5,11H2. The van der Waals surface area contributed by atoms with Crippen LogP contribution >= 0.6 is 0 Å². The Balaban J connectivity index is 2.32. The Morgan fingerprint density at radius 1 is 1.36 bits per heavy atom. The van der Waals surface area contributed by atoms with Gasteiger partial charge in [-0.2, -0.15) is 0 Å². The molecule has 2 aromatic rings. The van der Waals surface area contributed by atoms with Gasteiger partial charge in [0.25, 0.3) is 0 Å². The van der Waals surface area contributed by atoms with Crippen LogP contribution in [0, 0.1) is 0 Å². The zero-order valence-corrected chi connectivity index (χ0v) is 7.85. The molecule has 0 bridgehead atoms. The summed E-state index contributed by atoms with van der Waals surface area (Å²) < 4.78 is 1.90. The number of nitrogens with two attached hydrogens (primary N) is 1. The van der Waals surface area contributed by atoms with E-state index in [0.717, 1.165) is 29.9 Å². The summed E-state index contributed by atoms with van der Waals surface area (Å²) in [5, 5.41) is 8.69. The number of fused-ring (bicyclic) bond motifs is 1. The molecule has 0 amide bonds. The number of nitrogens with zero attached hydrogens (tertiary/aromatic N) is 2. The Morgan fingerprint density at radius 3 is 3.00 bits per heavy atom. The number of pyridine rings is 1. The van der Waals surface area contributed by atoms with Crippen LogP contribution in [-0.4, -0.2) is 21.1 Å². The summed E-state index contributed by atoms with van der Waals surface area (Å²) in [6.07, 6.45) is 5.34. The second-order valence-electron chi connectivity index (χ2n) is 3.29. The van der Waals surface area contributed by atoms with Gasteiger partial charge < -0.3 is 15.2 Å². The van der Waals surface area contributed by atoms with Crippen LogP contribution in [0.5, 0.6) is 0 Å². The summed E-state index contributed by atoms with van der Waals surface area (Å²) in [7, 11) is 0. The fourth-order valence-electron chi connectivity index (χ4n) is 1.44. The molecular weight excluding hydrogens is 178 g/mol. The van der Waals surface area contributed by atoms with E-state index < -0.39 is 0 Å². The van der Waals surface area contributed by atoms with E-state index in [4.69, 9.17) is 10.8 Å². The van der Waals surface area contributed by atoms with Gasteiger partial charge in [-0.1, -0.05) is 0 Å². The number of hydrogen-bond acceptors (Lipinski definition) is 3. The van der Waals surface area contributed by atoms with E-state index >= 15 is 0 Å². The van der Waals surface area contributed by atoms with Crippen LogP contribution < -0.4 is 5.73 Å². The summed E-state index contributed by atoms with van der Waals surface area (Å²) in [4.78, 5) is 4.39. The van der Waals surface area contributed by atoms with Crippen molar-refractivity contribution < 1.29 is 5.11 Å². The second kappa shape index (κ2) is 3.67. The molecule has 2 rings (SSSR count). The molecule has 3 N–H and O–H groups in total. The van der Waals surface area contributed by atoms with Crippen LogP contribution in [0.3, 0.4) is 0 Å². The average Bonchev–Trinajstić information content (AvgIpc) is 2.56. The first-order valence-corrected chi connectivity index (χ1v) is 4.63. The minimum absolute atomic E-state index is 0.204. The van der Waals surface area contributed by atoms with Crippen molar-refractivity contribution in [2.24, 2.45) is 0 Å². The molecule has 0 aliphatic heterocycles. The molecule has 0 aromatic carbocycles. The van der Waals surface area contributed by atoms with Crippen molar-refractivity contribution in [3.63, 3.8) is 0 Å². The molecule has 74 valence electrons. The van der Waals surface area contributed by atoms with E-state index in [1.54, 1.807) is 0 Å². The molecule has 14 heavy (non-hydrogen) atoms. The van der Waals surface area contributed by atoms with Crippen molar-refractivity contribution in [1.29, 1.82) is 0 Å². The normalized spacial score (nSPS) is 10.9. The van der Waals surface area contributed by atoms with E-state index in [1.165, 1.54) is 0 Å². The van der Waals surface area contributed by atoms with Crippen molar-refractivity contribution >= 4 is 11.3 Å². The summed E-state index contributed by atoms with van der Waals surface area (Å²) in [6.45, 7) is 0.204. The number of nitrogen functional groups attached to an aromatic ring is 1. The lowest BCUT2D eigenvalue weighted by atomic mass is 10.3. The molecule has 4 heteroatoms. The predicted octanol–water partition coefficient (Wildman–Crippen LogP) is 0.841. The van der Waals surface area contributed by atoms with Crippen LogP contribution in [0.4, 0.5) is 5.69 Å². The van der Waals surface area contributed by atoms with Gasteiger partial charge in [0, 0.05) is 24.7 Å². The van der Waals surface area contributed by atoms with Gasteiger partial charge in [-0.3, -0.25) is 0 Å². The molecule has 0 radical (unpaired) electrons. The maximum absolute atomic E-state index is 8.69. The average molecular weight is 191 g/mol. The van der Waals surface area contributed by atoms with Crippen molar-refractivity contribution in [3.8, 4) is 0 Å². The summed E-state index contributed by atoms with van der Waals surface area (Å²) >= 11 is 0. The minimum Gasteiger partial charge on any atom is -0.398 e. The van der Waals surface area contributed by atoms with Gasteiger partial charge in [0.2, 0.25) is 0 Å². The molecular formula is C10H13N3O. The molecule has 4 nitrogen and oxygen atoms in total. The summed E-state index contributed by atoms with van der Waals surface area (Å²) in [6, 6.07) is 3.72. The first-order valence-electron chi connectivity index (χ1n) is 4.63. The first-order chi connectivity index (χ1) is 6.79. The summed E-state index contributed by atoms with van der Waals surface area (Å²) in [5.74, 6) is 0. The second-order valence-corrected chi connectivity index (χ2v) is 3.29. The fraction of sp³-hybridized carbons (Fsp3) is 0.300. The van der Waals surface area contributed by atoms with E-state index in [0.29, 0.717) is 0 Å². The van der Waals surface area contributed by atoms with E-state index in [1.807, 2.05) is 28.9 Å². The Bertz CT molecular complexity index is 436. The predicted molar refractivity (Wildman–Crippen MR) is 55.0 cm³/mol. The van der Waals surface area contributed by atoms with Gasteiger partial charge in [0.15, 0.2) is 0 Å². The maximum Gasteiger partial charge on any atom is 0.137 e. The Morgan fingerprint density at radius 2 is 2.21 bits per heavy atom. The number of hydrogen-bond donors (Lipinski definition) is 2. The third kappa shape index (κ3) is 1.70. The highest BCUT2D eigenvalue weighted by molar-refractivity contribution is 5.48. The van der Waals surface area contributed by atoms with Gasteiger partial charge in [0.1, 0.15) is 5.65 Å². The first kappa shape index (κ1) is 9.02. The quantitative estimate of drug-likeness (QED) is 0.755. The lowest BCUT2D eigenvalue weighted by Gasteiger charge is -1.93. The Labute approximate surface area is 82.0 Å². The maximum atomic E-state index is 8.69. The lowest BCUT2D eigenvalue weighted by Crippen LogP contribution is -1.88. The van der Waals surface area contributed by atoms with Crippen LogP contribution in [-0.2, 0) is 6.42 Å². The SMILES string of the molecule is Nc1ccc2nc(CCCO)cn2c1. The molecule has 0 spiro atoms. The molecule has 0 saturated heterocycles. The zero-order chi connectivity index (χ0) is 9.97. The van der Waals surface area contributed by atoms with Crippen LogP contribution in [0.1, 0.15) is 12.1 Å². The summed E-state index contributed by atoms with van der Waals surface area (Å²) in [5.41, 5.74) is 8.26. The van der Waals surface area contributed by atoms with E-state index in [2.05, 4.69) is 4.98 Å². The highest BCUT2D eigenvalue weighted by atomic mass is 16.2. The lowest BCUT2D eigenvalue weighted by molar-refractivity contribution is 0.288. The Hall–Kier alpha value is -1.55. The van der Waals surface area contributed by atoms with E-state index in [-0.39, 0.29) is 6.61 Å². The van der Waals surface area contributed by atoms with Crippen molar-refractivity contribution in [1.82, 2.24) is 9.38 Å². The third-order valence-electron chi connectivity index (χ3n) is 2.11. The van der Waals surface area contributed by atoms with Gasteiger partial charge in [0.05, 0.1) is 5.69 Å². The molecule has 0 fully saturated rings. The molecule has 0 aliphatic carbocycles. The number of aryl methyl sites for hydroxylation is 1. The number of aliphatic hydroxyl groups excluding tert-OH is 1. The molecule has 0 unspecified atom stereocenters. The van der Waals surface area contributed by atoms with Crippen molar-refractivity contribution in [2.45, 2.75) is 12.8 Å². The van der Waals surface area contributed by atoms with Crippen LogP contribution in [0.15, 0.2) is 24.5 Å². The van der Waals surface area contributed by atoms with Crippen LogP contribution in [0.25, 0.3) is 5.65 Å². The highest BCUT2D eigenvalue weighted by Crippen LogP contribution is 2.09. The van der Waals surface area contributed by atoms with Gasteiger partial charge in [-0.25, -0.2) is 4.98 Å². The number of aromatic nitrogens is 2. The van der Waals surface area contributed by atoms with Crippen LogP contribution in [0.2, 0.25) is 0 Å². The molecule has 0 aliphatic rings. The molecule has 2 aromatic heterocycles. The minimum atomic E-state index is 0.204. The zero-order valence-electron chi connectivity index (χ0n) is 7.85. The topological polar surface area (TPSA) is 63.5 Å². The van der Waals surface area contributed by atoms with Gasteiger partial charge in [-0.15, -0.1) is 0 Å². The number of aliphatic hydroxyl groups is 1. The highest BCUT2D eigenvalue weighted by Gasteiger charge is 2.00. The molecule has 0 atom stereocenters. The molecule has 2 heterocycles. The van der Waals surface area contributed by atoms with Gasteiger partial charge >= 0.3 is 0 Å². The number of anilines is 1. The number of imidazole rings is 1. The number of rotatable bonds is 3. The largest absolute Gasteiger partial charge is 0.398 e. The van der Waals surface area contributed by atoms with Crippen molar-refractivity contribution in [2.75, 3.05) is 12.3 Å². The van der Waals surface area contributed by atoms with Gasteiger partial charge in [-0.05, 0) is 25.0 Å².